The first-order valence-electron chi connectivity index (χ1n) is 11.1. The summed E-state index contributed by atoms with van der Waals surface area (Å²) < 4.78 is 13.5. The topological polar surface area (TPSA) is 73.1 Å². The lowest BCUT2D eigenvalue weighted by Gasteiger charge is -2.31. The van der Waals surface area contributed by atoms with E-state index in [2.05, 4.69) is 4.40 Å². The largest absolute Gasteiger partial charge is 0.497 e. The summed E-state index contributed by atoms with van der Waals surface area (Å²) in [4.78, 5) is 32.7. The molecule has 1 aliphatic rings. The second-order valence-electron chi connectivity index (χ2n) is 8.14. The normalized spacial score (nSPS) is 16.3. The number of methoxy groups -OCH3 is 1. The van der Waals surface area contributed by atoms with Gasteiger partial charge in [-0.3, -0.25) is 14.0 Å². The molecule has 7 nitrogen and oxygen atoms in total. The lowest BCUT2D eigenvalue weighted by molar-refractivity contribution is -0.149. The molecule has 3 heterocycles. The minimum atomic E-state index is -0.244. The second kappa shape index (κ2) is 8.86. The van der Waals surface area contributed by atoms with E-state index < -0.39 is 0 Å². The molecule has 8 heteroatoms. The number of ether oxygens (including phenoxy) is 2. The van der Waals surface area contributed by atoms with Crippen molar-refractivity contribution >= 4 is 38.4 Å². The third-order valence-corrected chi connectivity index (χ3v) is 7.05. The lowest BCUT2D eigenvalue weighted by Crippen LogP contribution is -2.42. The third kappa shape index (κ3) is 4.06. The zero-order valence-corrected chi connectivity index (χ0v) is 19.4. The molecule has 33 heavy (non-hydrogen) atoms. The van der Waals surface area contributed by atoms with E-state index >= 15 is 0 Å². The molecule has 170 valence electrons. The second-order valence-corrected chi connectivity index (χ2v) is 9.15. The van der Waals surface area contributed by atoms with Crippen LogP contribution in [0.2, 0.25) is 0 Å². The molecular weight excluding hydrogens is 438 g/mol. The Labute approximate surface area is 195 Å². The maximum absolute atomic E-state index is 13.2. The van der Waals surface area contributed by atoms with Gasteiger partial charge < -0.3 is 14.4 Å². The number of rotatable bonds is 5. The Bertz CT molecular complexity index is 1340. The van der Waals surface area contributed by atoms with Crippen molar-refractivity contribution < 1.29 is 19.1 Å². The number of fused-ring (bicyclic) bond motifs is 3. The molecule has 2 aromatic heterocycles. The van der Waals surface area contributed by atoms with Gasteiger partial charge in [0.1, 0.15) is 5.75 Å². The number of esters is 1. The molecule has 5 rings (SSSR count). The van der Waals surface area contributed by atoms with Crippen molar-refractivity contribution in [2.75, 3.05) is 26.8 Å². The van der Waals surface area contributed by atoms with Crippen molar-refractivity contribution in [3.63, 3.8) is 0 Å². The molecule has 1 atom stereocenters. The Balaban J connectivity index is 1.40. The van der Waals surface area contributed by atoms with Crippen LogP contribution < -0.4 is 4.74 Å². The predicted octanol–water partition coefficient (Wildman–Crippen LogP) is 4.64. The SMILES string of the molecule is CCOC(=O)[C@@H]1CCCN(C(=O)c2ccc3c(c2)sc2nc(-c4cccc(OC)c4)cn23)C1. The molecule has 1 fully saturated rings. The first-order valence-corrected chi connectivity index (χ1v) is 11.9. The van der Waals surface area contributed by atoms with E-state index in [-0.39, 0.29) is 17.8 Å². The molecule has 0 spiro atoms. The van der Waals surface area contributed by atoms with Crippen LogP contribution >= 0.6 is 11.3 Å². The maximum atomic E-state index is 13.2. The number of aromatic nitrogens is 2. The number of likely N-dealkylation sites (tertiary alicyclic amines) is 1. The molecule has 0 saturated carbocycles. The van der Waals surface area contributed by atoms with E-state index in [1.165, 1.54) is 0 Å². The number of hydrogen-bond donors (Lipinski definition) is 0. The smallest absolute Gasteiger partial charge is 0.310 e. The van der Waals surface area contributed by atoms with Crippen LogP contribution in [-0.2, 0) is 9.53 Å². The van der Waals surface area contributed by atoms with Gasteiger partial charge in [0.05, 0.1) is 35.5 Å². The van der Waals surface area contributed by atoms with E-state index in [0.717, 1.165) is 45.0 Å². The van der Waals surface area contributed by atoms with Crippen LogP contribution in [-0.4, -0.2) is 53.0 Å². The van der Waals surface area contributed by atoms with Crippen molar-refractivity contribution in [3.8, 4) is 17.0 Å². The van der Waals surface area contributed by atoms with Gasteiger partial charge in [0.2, 0.25) is 0 Å². The summed E-state index contributed by atoms with van der Waals surface area (Å²) in [5.41, 5.74) is 3.51. The van der Waals surface area contributed by atoms with Crippen LogP contribution in [0.5, 0.6) is 5.75 Å². The van der Waals surface area contributed by atoms with Gasteiger partial charge in [0.25, 0.3) is 5.91 Å². The molecule has 0 bridgehead atoms. The Kier molecular flexibility index (Phi) is 5.76. The van der Waals surface area contributed by atoms with Gasteiger partial charge >= 0.3 is 5.97 Å². The first kappa shape index (κ1) is 21.5. The van der Waals surface area contributed by atoms with Crippen molar-refractivity contribution in [2.45, 2.75) is 19.8 Å². The number of hydrogen-bond acceptors (Lipinski definition) is 6. The quantitative estimate of drug-likeness (QED) is 0.403. The van der Waals surface area contributed by atoms with E-state index in [4.69, 9.17) is 14.5 Å². The fraction of sp³-hybridized carbons (Fsp3) is 0.320. The lowest BCUT2D eigenvalue weighted by atomic mass is 9.97. The Hall–Kier alpha value is -3.39. The minimum Gasteiger partial charge on any atom is -0.497 e. The van der Waals surface area contributed by atoms with Crippen molar-refractivity contribution in [1.29, 1.82) is 0 Å². The highest BCUT2D eigenvalue weighted by Gasteiger charge is 2.30. The van der Waals surface area contributed by atoms with E-state index in [0.29, 0.717) is 25.3 Å². The highest BCUT2D eigenvalue weighted by Crippen LogP contribution is 2.31. The van der Waals surface area contributed by atoms with Crippen LogP contribution in [0.1, 0.15) is 30.1 Å². The van der Waals surface area contributed by atoms with Crippen LogP contribution in [0.25, 0.3) is 26.4 Å². The third-order valence-electron chi connectivity index (χ3n) is 6.04. The fourth-order valence-electron chi connectivity index (χ4n) is 4.35. The Morgan fingerprint density at radius 3 is 2.91 bits per heavy atom. The number of amides is 1. The van der Waals surface area contributed by atoms with E-state index in [1.54, 1.807) is 30.3 Å². The van der Waals surface area contributed by atoms with Gasteiger partial charge in [0.15, 0.2) is 4.96 Å². The number of benzene rings is 2. The molecule has 0 unspecified atom stereocenters. The van der Waals surface area contributed by atoms with Crippen molar-refractivity contribution in [2.24, 2.45) is 5.92 Å². The number of thiazole rings is 1. The predicted molar refractivity (Wildman–Crippen MR) is 128 cm³/mol. The van der Waals surface area contributed by atoms with Crippen molar-refractivity contribution in [1.82, 2.24) is 14.3 Å². The molecule has 0 aliphatic carbocycles. The number of carbonyl (C=O) groups is 2. The summed E-state index contributed by atoms with van der Waals surface area (Å²) in [6.07, 6.45) is 3.58. The number of imidazole rings is 1. The van der Waals surface area contributed by atoms with E-state index in [9.17, 15) is 9.59 Å². The highest BCUT2D eigenvalue weighted by molar-refractivity contribution is 7.23. The zero-order chi connectivity index (χ0) is 22.9. The van der Waals surface area contributed by atoms with Gasteiger partial charge in [-0.2, -0.15) is 0 Å². The summed E-state index contributed by atoms with van der Waals surface area (Å²) in [7, 11) is 1.65. The zero-order valence-electron chi connectivity index (χ0n) is 18.6. The number of nitrogens with zero attached hydrogens (tertiary/aromatic N) is 3. The number of piperidine rings is 1. The summed E-state index contributed by atoms with van der Waals surface area (Å²) in [6, 6.07) is 13.6. The van der Waals surface area contributed by atoms with Gasteiger partial charge in [-0.25, -0.2) is 4.98 Å². The summed E-state index contributed by atoms with van der Waals surface area (Å²) >= 11 is 1.55. The molecule has 1 aliphatic heterocycles. The minimum absolute atomic E-state index is 0.0472. The summed E-state index contributed by atoms with van der Waals surface area (Å²) in [5, 5.41) is 0. The standard InChI is InChI=1S/C25H25N3O4S/c1-3-32-24(30)18-7-5-11-27(14-18)23(29)17-9-10-21-22(13-17)33-25-26-20(15-28(21)25)16-6-4-8-19(12-16)31-2/h4,6,8-10,12-13,15,18H,3,5,7,11,14H2,1-2H3/t18-/m1/s1. The van der Waals surface area contributed by atoms with Gasteiger partial charge in [-0.1, -0.05) is 23.5 Å². The van der Waals surface area contributed by atoms with E-state index in [1.807, 2.05) is 48.7 Å². The average Bonchev–Trinajstić information content (AvgIpc) is 3.41. The van der Waals surface area contributed by atoms with Crippen LogP contribution in [0.3, 0.4) is 0 Å². The van der Waals surface area contributed by atoms with Gasteiger partial charge in [-0.15, -0.1) is 0 Å². The Morgan fingerprint density at radius 2 is 2.09 bits per heavy atom. The summed E-state index contributed by atoms with van der Waals surface area (Å²) in [6.45, 7) is 3.23. The molecular formula is C25H25N3O4S. The van der Waals surface area contributed by atoms with Gasteiger partial charge in [-0.05, 0) is 50.1 Å². The van der Waals surface area contributed by atoms with Crippen molar-refractivity contribution in [3.05, 3.63) is 54.2 Å². The summed E-state index contributed by atoms with van der Waals surface area (Å²) in [5.74, 6) is 0.289. The highest BCUT2D eigenvalue weighted by atomic mass is 32.1. The van der Waals surface area contributed by atoms with Crippen LogP contribution in [0.15, 0.2) is 48.7 Å². The molecule has 2 aromatic carbocycles. The van der Waals surface area contributed by atoms with Gasteiger partial charge in [0, 0.05) is 30.4 Å². The molecule has 0 N–H and O–H groups in total. The van der Waals surface area contributed by atoms with Crippen LogP contribution in [0, 0.1) is 5.92 Å². The maximum Gasteiger partial charge on any atom is 0.310 e. The Morgan fingerprint density at radius 1 is 1.21 bits per heavy atom. The van der Waals surface area contributed by atoms with Crippen LogP contribution in [0.4, 0.5) is 0 Å². The molecule has 1 amide bonds. The number of carbonyl (C=O) groups excluding carboxylic acids is 2. The molecule has 4 aromatic rings. The monoisotopic (exact) mass is 463 g/mol. The average molecular weight is 464 g/mol. The molecule has 0 radical (unpaired) electrons. The first-order chi connectivity index (χ1) is 16.1. The molecule has 1 saturated heterocycles. The fourth-order valence-corrected chi connectivity index (χ4v) is 5.40.